The molecule has 0 spiro atoms. The van der Waals surface area contributed by atoms with E-state index in [0.717, 1.165) is 21.3 Å². The van der Waals surface area contributed by atoms with Crippen LogP contribution in [-0.4, -0.2) is 6.09 Å². The average Bonchev–Trinajstić information content (AvgIpc) is 2.84. The highest BCUT2D eigenvalue weighted by Crippen LogP contribution is 2.49. The molecule has 2 aromatic rings. The molecule has 0 aliphatic carbocycles. The van der Waals surface area contributed by atoms with Gasteiger partial charge in [0.15, 0.2) is 5.69 Å². The van der Waals surface area contributed by atoms with Gasteiger partial charge in [-0.05, 0) is 24.3 Å². The van der Waals surface area contributed by atoms with E-state index in [1.54, 1.807) is 12.1 Å². The van der Waals surface area contributed by atoms with Crippen molar-refractivity contribution in [3.63, 3.8) is 0 Å². The third-order valence-corrected chi connectivity index (χ3v) is 5.28. The van der Waals surface area contributed by atoms with Crippen LogP contribution in [0.5, 0.6) is 0 Å². The second-order valence-corrected chi connectivity index (χ2v) is 8.70. The molecule has 130 valence electrons. The van der Waals surface area contributed by atoms with Crippen molar-refractivity contribution >= 4 is 45.4 Å². The fraction of sp³-hybridized carbons (Fsp3) is 0.250. The molecule has 1 unspecified atom stereocenters. The molecular weight excluding hydrogens is 402 g/mol. The Balaban J connectivity index is 2.23. The normalized spacial score (nSPS) is 19.5. The summed E-state index contributed by atoms with van der Waals surface area (Å²) in [5.41, 5.74) is 2.88. The summed E-state index contributed by atoms with van der Waals surface area (Å²) < 4.78 is 0.619. The number of quaternary nitrogens is 1. The van der Waals surface area contributed by atoms with Crippen LogP contribution in [0.4, 0.5) is 10.5 Å². The molecule has 25 heavy (non-hydrogen) atoms. The molecule has 5 heteroatoms. The molecule has 1 atom stereocenters. The van der Waals surface area contributed by atoms with Crippen LogP contribution in [0.15, 0.2) is 52.6 Å². The molecule has 0 radical (unpaired) electrons. The first-order chi connectivity index (χ1) is 11.6. The number of carbonyl (C=O) groups is 1. The van der Waals surface area contributed by atoms with E-state index in [9.17, 15) is 9.90 Å². The molecular formula is C20H19BrClNO2. The predicted molar refractivity (Wildman–Crippen MR) is 104 cm³/mol. The van der Waals surface area contributed by atoms with Gasteiger partial charge in [0.05, 0.1) is 0 Å². The summed E-state index contributed by atoms with van der Waals surface area (Å²) in [4.78, 5) is 12.5. The van der Waals surface area contributed by atoms with Gasteiger partial charge in [0.25, 0.3) is 6.09 Å². The Hall–Kier alpha value is -1.62. The van der Waals surface area contributed by atoms with E-state index in [1.165, 1.54) is 0 Å². The molecule has 0 saturated heterocycles. The van der Waals surface area contributed by atoms with Crippen LogP contribution >= 0.6 is 27.5 Å². The Morgan fingerprint density at radius 1 is 1.16 bits per heavy atom. The fourth-order valence-corrected chi connectivity index (χ4v) is 3.91. The average molecular weight is 421 g/mol. The molecule has 0 fully saturated rings. The minimum atomic E-state index is -1.13. The summed E-state index contributed by atoms with van der Waals surface area (Å²) in [6, 6.07) is 13.0. The smallest absolute Gasteiger partial charge is 0.268 e. The molecule has 1 aliphatic heterocycles. The van der Waals surface area contributed by atoms with Gasteiger partial charge < -0.3 is 9.90 Å². The van der Waals surface area contributed by atoms with Gasteiger partial charge in [-0.3, -0.25) is 0 Å². The first-order valence-electron chi connectivity index (χ1n) is 8.01. The number of hydrogen-bond donors (Lipinski definition) is 0. The van der Waals surface area contributed by atoms with Crippen molar-refractivity contribution in [1.82, 2.24) is 4.48 Å². The van der Waals surface area contributed by atoms with Crippen LogP contribution in [0.1, 0.15) is 31.9 Å². The number of carbonyl (C=O) groups excluding carboxylic acids is 1. The largest absolute Gasteiger partial charge is 0.498 e. The third-order valence-electron chi connectivity index (χ3n) is 4.52. The van der Waals surface area contributed by atoms with Crippen molar-refractivity contribution in [3.05, 3.63) is 68.8 Å². The Morgan fingerprint density at radius 2 is 1.80 bits per heavy atom. The summed E-state index contributed by atoms with van der Waals surface area (Å²) in [5.74, 6) is 0. The van der Waals surface area contributed by atoms with Crippen molar-refractivity contribution in [3.8, 4) is 0 Å². The number of carboxylic acid groups (broad SMARTS) is 1. The van der Waals surface area contributed by atoms with Gasteiger partial charge in [-0.2, -0.15) is 0 Å². The van der Waals surface area contributed by atoms with Gasteiger partial charge in [-0.25, -0.2) is 4.48 Å². The number of benzene rings is 2. The molecule has 1 amide bonds. The van der Waals surface area contributed by atoms with E-state index in [1.807, 2.05) is 57.2 Å². The van der Waals surface area contributed by atoms with Gasteiger partial charge in [0.2, 0.25) is 0 Å². The second-order valence-electron chi connectivity index (χ2n) is 7.34. The maximum atomic E-state index is 12.5. The Labute approximate surface area is 161 Å². The number of rotatable bonds is 2. The third kappa shape index (κ3) is 3.14. The van der Waals surface area contributed by atoms with Crippen molar-refractivity contribution < 1.29 is 9.90 Å². The molecule has 0 saturated carbocycles. The summed E-state index contributed by atoms with van der Waals surface area (Å²) in [7, 11) is 0. The zero-order chi connectivity index (χ0) is 18.4. The number of allylic oxidation sites excluding steroid dienone is 1. The van der Waals surface area contributed by atoms with Gasteiger partial charge in [-0.15, -0.1) is 0 Å². The summed E-state index contributed by atoms with van der Waals surface area (Å²) in [6.07, 6.45) is 0.806. The van der Waals surface area contributed by atoms with Gasteiger partial charge >= 0.3 is 0 Å². The summed E-state index contributed by atoms with van der Waals surface area (Å²) in [5, 5.41) is 13.1. The number of halogens is 2. The molecule has 3 rings (SSSR count). The summed E-state index contributed by atoms with van der Waals surface area (Å²) in [6.45, 7) is 6.34. The zero-order valence-corrected chi connectivity index (χ0v) is 16.7. The highest BCUT2D eigenvalue weighted by atomic mass is 79.9. The Morgan fingerprint density at radius 3 is 2.36 bits per heavy atom. The van der Waals surface area contributed by atoms with Crippen molar-refractivity contribution in [1.29, 1.82) is 0 Å². The standard InChI is InChI=1S/C20H19BrClNO2/c1-20(2,3)18-11-14-10-16(22)8-9-17(14)23(18,19(24)25)12-13-4-6-15(21)7-5-13/h4-11H,12H2,1-3H3. The lowest BCUT2D eigenvalue weighted by Gasteiger charge is -2.40. The molecule has 2 aromatic carbocycles. The molecule has 0 bridgehead atoms. The number of hydrogen-bond acceptors (Lipinski definition) is 2. The maximum absolute atomic E-state index is 12.5. The van der Waals surface area contributed by atoms with Gasteiger partial charge in [0.1, 0.15) is 12.2 Å². The van der Waals surface area contributed by atoms with E-state index in [-0.39, 0.29) is 16.4 Å². The number of amides is 1. The molecule has 0 N–H and O–H groups in total. The topological polar surface area (TPSA) is 40.1 Å². The minimum Gasteiger partial charge on any atom is -0.498 e. The number of nitrogens with zero attached hydrogens (tertiary/aromatic N) is 1. The highest BCUT2D eigenvalue weighted by Gasteiger charge is 2.48. The lowest BCUT2D eigenvalue weighted by molar-refractivity contribution is -0.263. The molecule has 0 aromatic heterocycles. The zero-order valence-electron chi connectivity index (χ0n) is 14.3. The van der Waals surface area contributed by atoms with Crippen LogP contribution in [-0.2, 0) is 6.54 Å². The van der Waals surface area contributed by atoms with Crippen LogP contribution in [0.25, 0.3) is 6.08 Å². The molecule has 1 heterocycles. The van der Waals surface area contributed by atoms with Crippen molar-refractivity contribution in [2.45, 2.75) is 27.3 Å². The van der Waals surface area contributed by atoms with Crippen molar-refractivity contribution in [2.75, 3.05) is 0 Å². The molecule has 3 nitrogen and oxygen atoms in total. The van der Waals surface area contributed by atoms with E-state index in [2.05, 4.69) is 15.9 Å². The van der Waals surface area contributed by atoms with Gasteiger partial charge in [-0.1, -0.05) is 60.4 Å². The first kappa shape index (κ1) is 18.2. The van der Waals surface area contributed by atoms with Gasteiger partial charge in [0, 0.05) is 38.2 Å². The van der Waals surface area contributed by atoms with E-state index in [0.29, 0.717) is 10.7 Å². The Kier molecular flexibility index (Phi) is 4.56. The fourth-order valence-electron chi connectivity index (χ4n) is 3.46. The van der Waals surface area contributed by atoms with Crippen LogP contribution in [0.2, 0.25) is 5.02 Å². The Bertz CT molecular complexity index is 868. The lowest BCUT2D eigenvalue weighted by Crippen LogP contribution is -2.59. The van der Waals surface area contributed by atoms with E-state index in [4.69, 9.17) is 11.6 Å². The molecule has 1 aliphatic rings. The predicted octanol–water partition coefficient (Wildman–Crippen LogP) is 5.35. The van der Waals surface area contributed by atoms with Crippen LogP contribution in [0, 0.1) is 5.41 Å². The van der Waals surface area contributed by atoms with Crippen molar-refractivity contribution in [2.24, 2.45) is 5.41 Å². The highest BCUT2D eigenvalue weighted by molar-refractivity contribution is 9.10. The maximum Gasteiger partial charge on any atom is 0.268 e. The SMILES string of the molecule is CC(C)(C)C1=Cc2cc(Cl)ccc2[N+]1(Cc1ccc(Br)cc1)C(=O)[O-]. The monoisotopic (exact) mass is 419 g/mol. The van der Waals surface area contributed by atoms with E-state index >= 15 is 0 Å². The minimum absolute atomic E-state index is 0.285. The summed E-state index contributed by atoms with van der Waals surface area (Å²) >= 11 is 9.55. The van der Waals surface area contributed by atoms with Crippen LogP contribution in [0.3, 0.4) is 0 Å². The first-order valence-corrected chi connectivity index (χ1v) is 9.18. The number of fused-ring (bicyclic) bond motifs is 1. The second kappa shape index (κ2) is 6.27. The van der Waals surface area contributed by atoms with E-state index < -0.39 is 6.09 Å². The lowest BCUT2D eigenvalue weighted by atomic mass is 9.89. The van der Waals surface area contributed by atoms with Crippen LogP contribution < -0.4 is 9.59 Å². The quantitative estimate of drug-likeness (QED) is 0.614.